The summed E-state index contributed by atoms with van der Waals surface area (Å²) < 4.78 is 8.84. The highest BCUT2D eigenvalue weighted by Gasteiger charge is 2.19. The molecule has 0 N–H and O–H groups in total. The van der Waals surface area contributed by atoms with Crippen LogP contribution in [-0.2, 0) is 0 Å². The Morgan fingerprint density at radius 2 is 1.08 bits per heavy atom. The number of nitrogens with zero attached hydrogens (tertiary/aromatic N) is 3. The molecule has 0 spiro atoms. The molecule has 0 aliphatic heterocycles. The fourth-order valence-electron chi connectivity index (χ4n) is 7.29. The molecule has 10 aromatic rings. The van der Waals surface area contributed by atoms with E-state index >= 15 is 0 Å². The summed E-state index contributed by atoms with van der Waals surface area (Å²) in [5.74, 6) is 0.678. The van der Waals surface area contributed by atoms with Gasteiger partial charge in [0.2, 0.25) is 0 Å². The molecule has 0 saturated carbocycles. The third-order valence-corrected chi connectivity index (χ3v) is 9.63. The molecular formula is C46H29N3O. The number of para-hydroxylation sites is 2. The number of fused-ring (bicyclic) bond motifs is 6. The quantitative estimate of drug-likeness (QED) is 0.188. The number of furan rings is 1. The summed E-state index contributed by atoms with van der Waals surface area (Å²) in [6.07, 6.45) is 0. The fraction of sp³-hybridized carbons (Fsp3) is 0. The third-order valence-electron chi connectivity index (χ3n) is 9.63. The summed E-state index contributed by atoms with van der Waals surface area (Å²) in [5.41, 5.74) is 13.2. The van der Waals surface area contributed by atoms with Gasteiger partial charge in [0.05, 0.1) is 11.0 Å². The lowest BCUT2D eigenvalue weighted by atomic mass is 9.96. The normalized spacial score (nSPS) is 11.6. The van der Waals surface area contributed by atoms with Crippen LogP contribution in [0.25, 0.3) is 94.5 Å². The van der Waals surface area contributed by atoms with Crippen LogP contribution in [0.2, 0.25) is 0 Å². The second-order valence-electron chi connectivity index (χ2n) is 12.6. The molecule has 7 aromatic carbocycles. The van der Waals surface area contributed by atoms with Crippen LogP contribution < -0.4 is 0 Å². The average molecular weight is 640 g/mol. The van der Waals surface area contributed by atoms with Crippen LogP contribution in [-0.4, -0.2) is 14.5 Å². The highest BCUT2D eigenvalue weighted by Crippen LogP contribution is 2.40. The van der Waals surface area contributed by atoms with Crippen LogP contribution in [0.5, 0.6) is 0 Å². The minimum absolute atomic E-state index is 0.678. The summed E-state index contributed by atoms with van der Waals surface area (Å²) >= 11 is 0. The molecule has 0 fully saturated rings. The molecule has 4 nitrogen and oxygen atoms in total. The Morgan fingerprint density at radius 3 is 1.86 bits per heavy atom. The van der Waals surface area contributed by atoms with Gasteiger partial charge in [0.1, 0.15) is 16.8 Å². The van der Waals surface area contributed by atoms with Crippen molar-refractivity contribution >= 4 is 43.9 Å². The van der Waals surface area contributed by atoms with Gasteiger partial charge >= 0.3 is 0 Å². The molecule has 3 heterocycles. The Labute approximate surface area is 288 Å². The van der Waals surface area contributed by atoms with Gasteiger partial charge in [-0.25, -0.2) is 9.97 Å². The minimum atomic E-state index is 0.678. The fourth-order valence-corrected chi connectivity index (χ4v) is 7.29. The van der Waals surface area contributed by atoms with E-state index < -0.39 is 0 Å². The lowest BCUT2D eigenvalue weighted by Gasteiger charge is -2.09. The lowest BCUT2D eigenvalue weighted by Crippen LogP contribution is -1.93. The first-order chi connectivity index (χ1) is 24.8. The van der Waals surface area contributed by atoms with Crippen molar-refractivity contribution in [3.8, 4) is 50.6 Å². The summed E-state index contributed by atoms with van der Waals surface area (Å²) in [7, 11) is 0. The van der Waals surface area contributed by atoms with Gasteiger partial charge < -0.3 is 8.98 Å². The Balaban J connectivity index is 1.10. The maximum atomic E-state index is 6.48. The van der Waals surface area contributed by atoms with Gasteiger partial charge in [0.25, 0.3) is 0 Å². The zero-order valence-electron chi connectivity index (χ0n) is 27.0. The van der Waals surface area contributed by atoms with Gasteiger partial charge in [-0.3, -0.25) is 0 Å². The van der Waals surface area contributed by atoms with Crippen molar-refractivity contribution < 1.29 is 4.42 Å². The van der Waals surface area contributed by atoms with Crippen LogP contribution in [0.4, 0.5) is 0 Å². The van der Waals surface area contributed by atoms with E-state index in [0.717, 1.165) is 50.1 Å². The molecule has 0 amide bonds. The zero-order chi connectivity index (χ0) is 33.0. The highest BCUT2D eigenvalue weighted by atomic mass is 16.3. The molecule has 0 unspecified atom stereocenters. The highest BCUT2D eigenvalue weighted by molar-refractivity contribution is 6.16. The predicted molar refractivity (Wildman–Crippen MR) is 205 cm³/mol. The van der Waals surface area contributed by atoms with Crippen molar-refractivity contribution in [3.05, 3.63) is 176 Å². The molecule has 0 aliphatic rings. The number of aromatic nitrogens is 3. The first-order valence-electron chi connectivity index (χ1n) is 16.8. The van der Waals surface area contributed by atoms with Crippen molar-refractivity contribution in [1.29, 1.82) is 0 Å². The molecule has 50 heavy (non-hydrogen) atoms. The van der Waals surface area contributed by atoms with Gasteiger partial charge in [-0.2, -0.15) is 0 Å². The second kappa shape index (κ2) is 11.4. The summed E-state index contributed by atoms with van der Waals surface area (Å²) in [4.78, 5) is 10.1. The SMILES string of the molecule is c1ccc(-c2nc(-c3ccccc3)c3oc4ccc(-c5ccc(-c6cccc7c6c6ccccc6n7-c6ccccc6)cc5)cc4c3n2)cc1. The van der Waals surface area contributed by atoms with E-state index in [-0.39, 0.29) is 0 Å². The Hall–Kier alpha value is -6.78. The van der Waals surface area contributed by atoms with Crippen molar-refractivity contribution in [2.24, 2.45) is 0 Å². The van der Waals surface area contributed by atoms with E-state index in [9.17, 15) is 0 Å². The van der Waals surface area contributed by atoms with E-state index in [1.165, 1.54) is 32.9 Å². The topological polar surface area (TPSA) is 43.9 Å². The molecule has 0 atom stereocenters. The molecule has 0 radical (unpaired) electrons. The van der Waals surface area contributed by atoms with Crippen LogP contribution in [0, 0.1) is 0 Å². The largest absolute Gasteiger partial charge is 0.452 e. The third kappa shape index (κ3) is 4.54. The van der Waals surface area contributed by atoms with Crippen LogP contribution in [0.3, 0.4) is 0 Å². The summed E-state index contributed by atoms with van der Waals surface area (Å²) in [6.45, 7) is 0. The predicted octanol–water partition coefficient (Wildman–Crippen LogP) is 12.1. The molecule has 0 bridgehead atoms. The van der Waals surface area contributed by atoms with E-state index in [4.69, 9.17) is 14.4 Å². The van der Waals surface area contributed by atoms with Crippen molar-refractivity contribution in [2.75, 3.05) is 0 Å². The molecule has 0 aliphatic carbocycles. The Bertz CT molecular complexity index is 2840. The number of hydrogen-bond acceptors (Lipinski definition) is 3. The van der Waals surface area contributed by atoms with E-state index in [0.29, 0.717) is 11.4 Å². The molecule has 3 aromatic heterocycles. The van der Waals surface area contributed by atoms with Crippen LogP contribution in [0.15, 0.2) is 180 Å². The van der Waals surface area contributed by atoms with Gasteiger partial charge in [0.15, 0.2) is 11.4 Å². The van der Waals surface area contributed by atoms with Gasteiger partial charge in [-0.1, -0.05) is 140 Å². The molecular weight excluding hydrogens is 611 g/mol. The standard InChI is InChI=1S/C46H29N3O/c1-4-13-32(14-5-1)43-45-44(48-46(47-43)33-15-6-2-7-16-33)38-29-34(27-28-41(38)50-45)30-23-25-31(26-24-30)36-20-12-22-40-42(36)37-19-10-11-21-39(37)49(40)35-17-8-3-9-18-35/h1-29H. The summed E-state index contributed by atoms with van der Waals surface area (Å²) in [5, 5.41) is 3.47. The molecule has 0 saturated heterocycles. The smallest absolute Gasteiger partial charge is 0.180 e. The first kappa shape index (κ1) is 28.3. The van der Waals surface area contributed by atoms with Crippen LogP contribution in [0.1, 0.15) is 0 Å². The Morgan fingerprint density at radius 1 is 0.440 bits per heavy atom. The second-order valence-corrected chi connectivity index (χ2v) is 12.6. The monoisotopic (exact) mass is 639 g/mol. The van der Waals surface area contributed by atoms with E-state index in [2.05, 4.69) is 132 Å². The van der Waals surface area contributed by atoms with Crippen molar-refractivity contribution in [3.63, 3.8) is 0 Å². The number of rotatable bonds is 5. The van der Waals surface area contributed by atoms with E-state index in [1.807, 2.05) is 48.5 Å². The van der Waals surface area contributed by atoms with E-state index in [1.54, 1.807) is 0 Å². The van der Waals surface area contributed by atoms with Gasteiger partial charge in [0, 0.05) is 33.0 Å². The van der Waals surface area contributed by atoms with Crippen LogP contribution >= 0.6 is 0 Å². The lowest BCUT2D eigenvalue weighted by molar-refractivity contribution is 0.667. The molecule has 10 rings (SSSR count). The minimum Gasteiger partial charge on any atom is -0.452 e. The maximum Gasteiger partial charge on any atom is 0.180 e. The molecule has 234 valence electrons. The van der Waals surface area contributed by atoms with Crippen molar-refractivity contribution in [2.45, 2.75) is 0 Å². The first-order valence-corrected chi connectivity index (χ1v) is 16.8. The van der Waals surface area contributed by atoms with Gasteiger partial charge in [-0.05, 0) is 58.7 Å². The number of hydrogen-bond donors (Lipinski definition) is 0. The average Bonchev–Trinajstić information content (AvgIpc) is 3.74. The number of benzene rings is 7. The van der Waals surface area contributed by atoms with Crippen molar-refractivity contribution in [1.82, 2.24) is 14.5 Å². The Kier molecular flexibility index (Phi) is 6.46. The summed E-state index contributed by atoms with van der Waals surface area (Å²) in [6, 6.07) is 61.5. The van der Waals surface area contributed by atoms with Gasteiger partial charge in [-0.15, -0.1) is 0 Å². The molecule has 4 heteroatoms. The maximum absolute atomic E-state index is 6.48. The zero-order valence-corrected chi connectivity index (χ0v) is 27.0.